The van der Waals surface area contributed by atoms with Crippen molar-refractivity contribution in [2.45, 2.75) is 12.5 Å². The summed E-state index contributed by atoms with van der Waals surface area (Å²) in [5.41, 5.74) is 0. The first-order valence-corrected chi connectivity index (χ1v) is 3.85. The maximum absolute atomic E-state index is 11.4. The Morgan fingerprint density at radius 1 is 1.58 bits per heavy atom. The Balaban J connectivity index is 2.55. The van der Waals surface area contributed by atoms with Gasteiger partial charge in [-0.15, -0.1) is 13.2 Å². The van der Waals surface area contributed by atoms with Gasteiger partial charge in [-0.3, -0.25) is 14.7 Å². The average molecular weight is 164 g/mol. The van der Waals surface area contributed by atoms with E-state index in [0.717, 1.165) is 0 Å². The molecule has 1 aliphatic rings. The van der Waals surface area contributed by atoms with E-state index in [9.17, 15) is 4.79 Å². The molecular weight excluding hydrogens is 152 g/mol. The normalized spacial score (nSPS) is 21.5. The number of rotatable bonds is 4. The van der Waals surface area contributed by atoms with Crippen LogP contribution < -0.4 is 0 Å². The van der Waals surface area contributed by atoms with Gasteiger partial charge in [0.25, 0.3) is 5.91 Å². The molecule has 0 saturated heterocycles. The molecule has 12 heavy (non-hydrogen) atoms. The molecule has 0 aromatic heterocycles. The van der Waals surface area contributed by atoms with E-state index in [0.29, 0.717) is 13.0 Å². The molecule has 0 fully saturated rings. The number of amides is 1. The second-order valence-electron chi connectivity index (χ2n) is 2.58. The lowest BCUT2D eigenvalue weighted by Crippen LogP contribution is -2.30. The first-order valence-electron chi connectivity index (χ1n) is 3.85. The van der Waals surface area contributed by atoms with Crippen molar-refractivity contribution in [2.24, 2.45) is 4.99 Å². The summed E-state index contributed by atoms with van der Waals surface area (Å²) in [6, 6.07) is -0.248. The molecule has 0 saturated carbocycles. The Labute approximate surface area is 72.1 Å². The zero-order valence-corrected chi connectivity index (χ0v) is 6.94. The minimum atomic E-state index is -0.248. The predicted octanol–water partition coefficient (Wildman–Crippen LogP) is 0.988. The van der Waals surface area contributed by atoms with Gasteiger partial charge in [0.2, 0.25) is 0 Å². The maximum atomic E-state index is 11.4. The molecule has 3 heteroatoms. The number of carbonyl (C=O) groups is 1. The minimum Gasteiger partial charge on any atom is -0.298 e. The van der Waals surface area contributed by atoms with Gasteiger partial charge in [-0.2, -0.15) is 0 Å². The highest BCUT2D eigenvalue weighted by Crippen LogP contribution is 2.09. The first kappa shape index (κ1) is 8.71. The molecule has 1 rings (SSSR count). The van der Waals surface area contributed by atoms with Crippen LogP contribution in [0.5, 0.6) is 0 Å². The fraction of sp³-hybridized carbons (Fsp3) is 0.333. The molecule has 0 radical (unpaired) electrons. The van der Waals surface area contributed by atoms with Crippen molar-refractivity contribution in [1.82, 2.24) is 4.90 Å². The van der Waals surface area contributed by atoms with Crippen molar-refractivity contribution < 1.29 is 4.79 Å². The van der Waals surface area contributed by atoms with Gasteiger partial charge < -0.3 is 0 Å². The van der Waals surface area contributed by atoms with Crippen LogP contribution in [0.15, 0.2) is 30.3 Å². The van der Waals surface area contributed by atoms with E-state index in [-0.39, 0.29) is 11.9 Å². The summed E-state index contributed by atoms with van der Waals surface area (Å²) >= 11 is 0. The highest BCUT2D eigenvalue weighted by atomic mass is 16.2. The number of hydrogen-bond donors (Lipinski definition) is 0. The van der Waals surface area contributed by atoms with Gasteiger partial charge in [-0.05, 0) is 6.42 Å². The van der Waals surface area contributed by atoms with Gasteiger partial charge in [0.05, 0.1) is 6.34 Å². The largest absolute Gasteiger partial charge is 0.298 e. The maximum Gasteiger partial charge on any atom is 0.253 e. The fourth-order valence-electron chi connectivity index (χ4n) is 1.07. The Morgan fingerprint density at radius 3 is 2.92 bits per heavy atom. The van der Waals surface area contributed by atoms with Crippen molar-refractivity contribution in [3.8, 4) is 0 Å². The molecule has 0 N–H and O–H groups in total. The SMILES string of the molecule is C=CCC1N=CN(CC=C)C1=O. The van der Waals surface area contributed by atoms with Gasteiger partial charge in [0.15, 0.2) is 0 Å². The van der Waals surface area contributed by atoms with E-state index in [1.54, 1.807) is 23.4 Å². The van der Waals surface area contributed by atoms with Gasteiger partial charge in [-0.25, -0.2) is 0 Å². The van der Waals surface area contributed by atoms with E-state index >= 15 is 0 Å². The molecule has 3 nitrogen and oxygen atoms in total. The van der Waals surface area contributed by atoms with Crippen molar-refractivity contribution in [1.29, 1.82) is 0 Å². The van der Waals surface area contributed by atoms with Crippen molar-refractivity contribution in [2.75, 3.05) is 6.54 Å². The van der Waals surface area contributed by atoms with Gasteiger partial charge in [-0.1, -0.05) is 12.2 Å². The lowest BCUT2D eigenvalue weighted by molar-refractivity contribution is -0.126. The third kappa shape index (κ3) is 1.61. The first-order chi connectivity index (χ1) is 5.79. The Kier molecular flexibility index (Phi) is 2.80. The summed E-state index contributed by atoms with van der Waals surface area (Å²) in [6.45, 7) is 7.66. The molecule has 0 aliphatic carbocycles. The number of hydrogen-bond acceptors (Lipinski definition) is 2. The van der Waals surface area contributed by atoms with Crippen molar-refractivity contribution in [3.05, 3.63) is 25.3 Å². The Hall–Kier alpha value is -1.38. The minimum absolute atomic E-state index is 0.0369. The summed E-state index contributed by atoms with van der Waals surface area (Å²) in [6.07, 6.45) is 5.57. The third-order valence-corrected chi connectivity index (χ3v) is 1.67. The number of carbonyl (C=O) groups excluding carboxylic acids is 1. The van der Waals surface area contributed by atoms with Gasteiger partial charge in [0.1, 0.15) is 6.04 Å². The average Bonchev–Trinajstić information content (AvgIpc) is 2.38. The van der Waals surface area contributed by atoms with Crippen LogP contribution in [0.25, 0.3) is 0 Å². The lowest BCUT2D eigenvalue weighted by Gasteiger charge is -2.10. The Morgan fingerprint density at radius 2 is 2.33 bits per heavy atom. The smallest absolute Gasteiger partial charge is 0.253 e. The van der Waals surface area contributed by atoms with Crippen molar-refractivity contribution in [3.63, 3.8) is 0 Å². The van der Waals surface area contributed by atoms with E-state index in [1.165, 1.54) is 0 Å². The summed E-state index contributed by atoms with van der Waals surface area (Å²) in [4.78, 5) is 17.0. The molecule has 0 aromatic rings. The Bertz CT molecular complexity index is 211. The van der Waals surface area contributed by atoms with E-state index in [4.69, 9.17) is 0 Å². The molecule has 1 unspecified atom stereocenters. The molecule has 1 atom stereocenters. The zero-order chi connectivity index (χ0) is 8.97. The molecular formula is C9H12N2O. The van der Waals surface area contributed by atoms with E-state index in [2.05, 4.69) is 18.2 Å². The number of nitrogens with zero attached hydrogens (tertiary/aromatic N) is 2. The fourth-order valence-corrected chi connectivity index (χ4v) is 1.07. The summed E-state index contributed by atoms with van der Waals surface area (Å²) in [7, 11) is 0. The molecule has 0 bridgehead atoms. The topological polar surface area (TPSA) is 32.7 Å². The van der Waals surface area contributed by atoms with Crippen LogP contribution in [-0.4, -0.2) is 29.7 Å². The zero-order valence-electron chi connectivity index (χ0n) is 6.94. The lowest BCUT2D eigenvalue weighted by atomic mass is 10.2. The summed E-state index contributed by atoms with van der Waals surface area (Å²) < 4.78 is 0. The highest BCUT2D eigenvalue weighted by Gasteiger charge is 2.25. The second-order valence-corrected chi connectivity index (χ2v) is 2.58. The van der Waals surface area contributed by atoms with Crippen molar-refractivity contribution >= 4 is 12.2 Å². The van der Waals surface area contributed by atoms with Crippen LogP contribution in [-0.2, 0) is 4.79 Å². The summed E-state index contributed by atoms with van der Waals surface area (Å²) in [5.74, 6) is 0.0369. The standard InChI is InChI=1S/C9H12N2O/c1-3-5-8-9(12)11(6-4-2)7-10-8/h3-4,7-8H,1-2,5-6H2. The van der Waals surface area contributed by atoms with Crippen LogP contribution in [0, 0.1) is 0 Å². The van der Waals surface area contributed by atoms with Gasteiger partial charge >= 0.3 is 0 Å². The van der Waals surface area contributed by atoms with E-state index < -0.39 is 0 Å². The highest BCUT2D eigenvalue weighted by molar-refractivity contribution is 5.96. The van der Waals surface area contributed by atoms with Crippen LogP contribution >= 0.6 is 0 Å². The van der Waals surface area contributed by atoms with Crippen LogP contribution in [0.1, 0.15) is 6.42 Å². The van der Waals surface area contributed by atoms with Crippen LogP contribution in [0.2, 0.25) is 0 Å². The monoisotopic (exact) mass is 164 g/mol. The van der Waals surface area contributed by atoms with Crippen LogP contribution in [0.4, 0.5) is 0 Å². The third-order valence-electron chi connectivity index (χ3n) is 1.67. The molecule has 1 heterocycles. The van der Waals surface area contributed by atoms with Crippen LogP contribution in [0.3, 0.4) is 0 Å². The van der Waals surface area contributed by atoms with Gasteiger partial charge in [0, 0.05) is 6.54 Å². The summed E-state index contributed by atoms with van der Waals surface area (Å²) in [5, 5.41) is 0. The molecule has 1 amide bonds. The van der Waals surface area contributed by atoms with E-state index in [1.807, 2.05) is 0 Å². The molecule has 0 aromatic carbocycles. The second kappa shape index (κ2) is 3.85. The molecule has 1 aliphatic heterocycles. The predicted molar refractivity (Wildman–Crippen MR) is 49.0 cm³/mol. The molecule has 64 valence electrons. The number of aliphatic imine (C=N–C) groups is 1. The quantitative estimate of drug-likeness (QED) is 0.570. The molecule has 0 spiro atoms.